The smallest absolute Gasteiger partial charge is 0.320 e. The van der Waals surface area contributed by atoms with Crippen molar-refractivity contribution in [2.45, 2.75) is 39.8 Å². The van der Waals surface area contributed by atoms with E-state index in [0.717, 1.165) is 11.1 Å². The van der Waals surface area contributed by atoms with Crippen LogP contribution in [0.3, 0.4) is 0 Å². The molecule has 0 heterocycles. The number of aliphatic carboxylic acids is 1. The first-order chi connectivity index (χ1) is 14.6. The number of carboxylic acid groups (broad SMARTS) is 1. The van der Waals surface area contributed by atoms with E-state index in [2.05, 4.69) is 57.5 Å². The third kappa shape index (κ3) is 10.1. The quantitative estimate of drug-likeness (QED) is 0.349. The van der Waals surface area contributed by atoms with Gasteiger partial charge in [0.2, 0.25) is 0 Å². The highest BCUT2D eigenvalue weighted by molar-refractivity contribution is 9.11. The Kier molecular flexibility index (Phi) is 13.1. The molecule has 0 aromatic heterocycles. The molecular formula is C22H28Br2Cl2N2O3. The summed E-state index contributed by atoms with van der Waals surface area (Å²) in [5.41, 5.74) is 7.18. The van der Waals surface area contributed by atoms with Gasteiger partial charge in [-0.05, 0) is 99.4 Å². The predicted octanol–water partition coefficient (Wildman–Crippen LogP) is 6.40. The molecule has 5 nitrogen and oxygen atoms in total. The third-order valence-corrected chi connectivity index (χ3v) is 6.09. The summed E-state index contributed by atoms with van der Waals surface area (Å²) in [5.74, 6) is -0.445. The van der Waals surface area contributed by atoms with Gasteiger partial charge in [-0.2, -0.15) is 0 Å². The third-order valence-electron chi connectivity index (χ3n) is 4.48. The molecule has 0 aliphatic carbocycles. The molecule has 0 bridgehead atoms. The van der Waals surface area contributed by atoms with Crippen molar-refractivity contribution in [3.8, 4) is 5.75 Å². The molecule has 0 amide bonds. The van der Waals surface area contributed by atoms with Crippen LogP contribution in [0, 0.1) is 0 Å². The van der Waals surface area contributed by atoms with Crippen molar-refractivity contribution in [3.05, 3.63) is 60.4 Å². The molecule has 1 unspecified atom stereocenters. The molecule has 2 aromatic rings. The van der Waals surface area contributed by atoms with Gasteiger partial charge in [-0.15, -0.1) is 0 Å². The minimum atomic E-state index is -1.04. The zero-order valence-corrected chi connectivity index (χ0v) is 22.5. The van der Waals surface area contributed by atoms with Gasteiger partial charge in [0, 0.05) is 10.0 Å². The summed E-state index contributed by atoms with van der Waals surface area (Å²) in [7, 11) is 0. The van der Waals surface area contributed by atoms with Crippen LogP contribution in [-0.4, -0.2) is 41.7 Å². The van der Waals surface area contributed by atoms with Crippen molar-refractivity contribution >= 4 is 61.0 Å². The van der Waals surface area contributed by atoms with Gasteiger partial charge in [0.15, 0.2) is 0 Å². The second kappa shape index (κ2) is 14.3. The molecule has 0 aliphatic heterocycles. The van der Waals surface area contributed by atoms with Crippen LogP contribution >= 0.6 is 55.1 Å². The fraction of sp³-hybridized carbons (Fsp3) is 0.409. The van der Waals surface area contributed by atoms with Gasteiger partial charge in [0.1, 0.15) is 18.4 Å². The largest absolute Gasteiger partial charge is 0.487 e. The zero-order chi connectivity index (χ0) is 23.6. The number of carboxylic acids is 1. The first kappa shape index (κ1) is 28.2. The van der Waals surface area contributed by atoms with Crippen molar-refractivity contribution in [2.75, 3.05) is 19.6 Å². The molecular weight excluding hydrogens is 571 g/mol. The van der Waals surface area contributed by atoms with E-state index < -0.39 is 12.0 Å². The molecule has 172 valence electrons. The molecule has 0 spiro atoms. The molecule has 0 aliphatic rings. The molecule has 2 aromatic carbocycles. The summed E-state index contributed by atoms with van der Waals surface area (Å²) < 4.78 is 7.20. The standard InChI is InChI=1S/C16H13Br2Cl2NO3.C6H15N/c17-12-3-8(5-14(21)16(22)23)4-13(18)15(12)24-7-9-1-10(19)6-11(20)2-9;1-4-7(5-2)6-3/h1-4,6,14H,5,7,21H2,(H,22,23);4-6H2,1-3H3. The van der Waals surface area contributed by atoms with Crippen LogP contribution in [0.25, 0.3) is 0 Å². The van der Waals surface area contributed by atoms with Crippen molar-refractivity contribution in [1.29, 1.82) is 0 Å². The van der Waals surface area contributed by atoms with Crippen LogP contribution < -0.4 is 10.5 Å². The Balaban J connectivity index is 0.000000592. The average molecular weight is 599 g/mol. The van der Waals surface area contributed by atoms with Crippen LogP contribution in [0.1, 0.15) is 31.9 Å². The lowest BCUT2D eigenvalue weighted by atomic mass is 10.1. The summed E-state index contributed by atoms with van der Waals surface area (Å²) in [5, 5.41) is 9.98. The molecule has 9 heteroatoms. The number of ether oxygens (including phenoxy) is 1. The number of rotatable bonds is 9. The maximum atomic E-state index is 10.9. The van der Waals surface area contributed by atoms with E-state index in [-0.39, 0.29) is 13.0 Å². The number of benzene rings is 2. The maximum absolute atomic E-state index is 10.9. The predicted molar refractivity (Wildman–Crippen MR) is 135 cm³/mol. The Morgan fingerprint density at radius 2 is 1.48 bits per heavy atom. The zero-order valence-electron chi connectivity index (χ0n) is 17.8. The number of halogens is 4. The first-order valence-electron chi connectivity index (χ1n) is 9.87. The van der Waals surface area contributed by atoms with E-state index in [1.165, 1.54) is 19.6 Å². The monoisotopic (exact) mass is 596 g/mol. The normalized spacial score (nSPS) is 11.6. The van der Waals surface area contributed by atoms with Crippen LogP contribution in [0.15, 0.2) is 39.3 Å². The highest BCUT2D eigenvalue weighted by Gasteiger charge is 2.15. The second-order valence-electron chi connectivity index (χ2n) is 6.72. The molecule has 3 N–H and O–H groups in total. The Hall–Kier alpha value is -0.830. The van der Waals surface area contributed by atoms with Crippen LogP contribution in [0.4, 0.5) is 0 Å². The summed E-state index contributed by atoms with van der Waals surface area (Å²) >= 11 is 18.8. The minimum absolute atomic E-state index is 0.219. The maximum Gasteiger partial charge on any atom is 0.320 e. The Morgan fingerprint density at radius 3 is 1.87 bits per heavy atom. The highest BCUT2D eigenvalue weighted by atomic mass is 79.9. The number of carbonyl (C=O) groups is 1. The van der Waals surface area contributed by atoms with Gasteiger partial charge in [-0.3, -0.25) is 4.79 Å². The Morgan fingerprint density at radius 1 is 1.00 bits per heavy atom. The molecule has 1 atom stereocenters. The van der Waals surface area contributed by atoms with Gasteiger partial charge < -0.3 is 20.5 Å². The molecule has 2 rings (SSSR count). The topological polar surface area (TPSA) is 75.8 Å². The molecule has 31 heavy (non-hydrogen) atoms. The number of nitrogens with two attached hydrogens (primary N) is 1. The Bertz CT molecular complexity index is 816. The van der Waals surface area contributed by atoms with Crippen LogP contribution in [0.5, 0.6) is 5.75 Å². The van der Waals surface area contributed by atoms with E-state index in [9.17, 15) is 4.79 Å². The van der Waals surface area contributed by atoms with Crippen molar-refractivity contribution in [3.63, 3.8) is 0 Å². The Labute approximate surface area is 211 Å². The average Bonchev–Trinajstić information content (AvgIpc) is 2.68. The number of hydrogen-bond donors (Lipinski definition) is 2. The fourth-order valence-electron chi connectivity index (χ4n) is 2.73. The molecule has 0 fully saturated rings. The lowest BCUT2D eigenvalue weighted by Gasteiger charge is -2.14. The van der Waals surface area contributed by atoms with Crippen molar-refractivity contribution in [1.82, 2.24) is 4.90 Å². The van der Waals surface area contributed by atoms with Gasteiger partial charge in [0.05, 0.1) is 8.95 Å². The minimum Gasteiger partial charge on any atom is -0.487 e. The first-order valence-corrected chi connectivity index (χ1v) is 12.2. The van der Waals surface area contributed by atoms with Gasteiger partial charge >= 0.3 is 5.97 Å². The van der Waals surface area contributed by atoms with Gasteiger partial charge in [0.25, 0.3) is 0 Å². The fourth-order valence-corrected chi connectivity index (χ4v) is 4.81. The summed E-state index contributed by atoms with van der Waals surface area (Å²) in [4.78, 5) is 13.2. The summed E-state index contributed by atoms with van der Waals surface area (Å²) in [6.07, 6.45) is 0.219. The number of hydrogen-bond acceptors (Lipinski definition) is 4. The van der Waals surface area contributed by atoms with E-state index in [0.29, 0.717) is 24.7 Å². The van der Waals surface area contributed by atoms with Gasteiger partial charge in [-0.25, -0.2) is 0 Å². The van der Waals surface area contributed by atoms with Crippen LogP contribution in [0.2, 0.25) is 10.0 Å². The van der Waals surface area contributed by atoms with Crippen molar-refractivity contribution in [2.24, 2.45) is 5.73 Å². The van der Waals surface area contributed by atoms with Crippen molar-refractivity contribution < 1.29 is 14.6 Å². The van der Waals surface area contributed by atoms with E-state index in [4.69, 9.17) is 38.8 Å². The second-order valence-corrected chi connectivity index (χ2v) is 9.30. The molecule has 0 radical (unpaired) electrons. The van der Waals surface area contributed by atoms with E-state index >= 15 is 0 Å². The molecule has 0 saturated carbocycles. The highest BCUT2D eigenvalue weighted by Crippen LogP contribution is 2.36. The molecule has 0 saturated heterocycles. The SMILES string of the molecule is CCN(CC)CC.NC(Cc1cc(Br)c(OCc2cc(Cl)cc(Cl)c2)c(Br)c1)C(=O)O. The van der Waals surface area contributed by atoms with E-state index in [1.54, 1.807) is 30.3 Å². The van der Waals surface area contributed by atoms with Gasteiger partial charge in [-0.1, -0.05) is 44.0 Å². The summed E-state index contributed by atoms with van der Waals surface area (Å²) in [6, 6.07) is 7.81. The lowest BCUT2D eigenvalue weighted by molar-refractivity contribution is -0.138. The summed E-state index contributed by atoms with van der Waals surface area (Å²) in [6.45, 7) is 10.4. The van der Waals surface area contributed by atoms with E-state index in [1.807, 2.05) is 0 Å². The lowest BCUT2D eigenvalue weighted by Crippen LogP contribution is -2.32. The van der Waals surface area contributed by atoms with Crippen LogP contribution in [-0.2, 0) is 17.8 Å². The number of nitrogens with zero attached hydrogens (tertiary/aromatic N) is 1.